The highest BCUT2D eigenvalue weighted by molar-refractivity contribution is 7.86. The van der Waals surface area contributed by atoms with Gasteiger partial charge in [0.05, 0.1) is 12.5 Å². The molecule has 0 aromatic carbocycles. The predicted octanol–water partition coefficient (Wildman–Crippen LogP) is -0.394. The minimum atomic E-state index is -3.49. The van der Waals surface area contributed by atoms with Crippen molar-refractivity contribution in [3.63, 3.8) is 0 Å². The van der Waals surface area contributed by atoms with Crippen molar-refractivity contribution in [3.8, 4) is 0 Å². The van der Waals surface area contributed by atoms with Crippen LogP contribution in [0.4, 0.5) is 0 Å². The molecule has 1 aliphatic rings. The molecule has 0 atom stereocenters. The van der Waals surface area contributed by atoms with Gasteiger partial charge in [0.25, 0.3) is 10.2 Å². The molecule has 0 amide bonds. The van der Waals surface area contributed by atoms with Crippen molar-refractivity contribution >= 4 is 16.2 Å². The van der Waals surface area contributed by atoms with Crippen LogP contribution >= 0.6 is 0 Å². The van der Waals surface area contributed by atoms with E-state index < -0.39 is 22.1 Å². The Hall–Kier alpha value is -0.700. The van der Waals surface area contributed by atoms with E-state index in [9.17, 15) is 13.2 Å². The number of rotatable bonds is 6. The lowest BCUT2D eigenvalue weighted by Gasteiger charge is -2.32. The number of hydrogen-bond acceptors (Lipinski definition) is 4. The maximum Gasteiger partial charge on any atom is 0.306 e. The summed E-state index contributed by atoms with van der Waals surface area (Å²) in [6.07, 6.45) is 0.735. The number of ether oxygens (including phenoxy) is 1. The second-order valence-electron chi connectivity index (χ2n) is 4.33. The molecule has 0 spiro atoms. The minimum Gasteiger partial charge on any atom is -0.481 e. The molecule has 1 saturated heterocycles. The Balaban J connectivity index is 2.57. The van der Waals surface area contributed by atoms with Crippen LogP contribution in [0.5, 0.6) is 0 Å². The third kappa shape index (κ3) is 3.64. The van der Waals surface area contributed by atoms with Crippen LogP contribution in [0.2, 0.25) is 0 Å². The van der Waals surface area contributed by atoms with Crippen LogP contribution in [0.3, 0.4) is 0 Å². The van der Waals surface area contributed by atoms with Crippen molar-refractivity contribution in [2.75, 3.05) is 40.4 Å². The van der Waals surface area contributed by atoms with Gasteiger partial charge in [0.2, 0.25) is 0 Å². The molecule has 1 rings (SSSR count). The largest absolute Gasteiger partial charge is 0.481 e. The molecule has 1 fully saturated rings. The molecule has 0 bridgehead atoms. The zero-order valence-electron chi connectivity index (χ0n) is 10.7. The van der Waals surface area contributed by atoms with E-state index in [1.165, 1.54) is 22.8 Å². The van der Waals surface area contributed by atoms with Gasteiger partial charge in [0.1, 0.15) is 0 Å². The Morgan fingerprint density at radius 1 is 1.44 bits per heavy atom. The molecule has 106 valence electrons. The molecule has 0 saturated carbocycles. The van der Waals surface area contributed by atoms with Gasteiger partial charge >= 0.3 is 5.97 Å². The van der Waals surface area contributed by atoms with Gasteiger partial charge in [0.15, 0.2) is 0 Å². The summed E-state index contributed by atoms with van der Waals surface area (Å²) in [4.78, 5) is 10.8. The first kappa shape index (κ1) is 15.4. The van der Waals surface area contributed by atoms with Gasteiger partial charge < -0.3 is 9.84 Å². The number of methoxy groups -OCH3 is 1. The first-order valence-corrected chi connectivity index (χ1v) is 7.22. The first-order chi connectivity index (χ1) is 8.39. The molecule has 0 unspecified atom stereocenters. The third-order valence-electron chi connectivity index (χ3n) is 3.13. The normalized spacial score (nSPS) is 19.3. The number of piperidine rings is 1. The van der Waals surface area contributed by atoms with E-state index in [0.717, 1.165) is 0 Å². The van der Waals surface area contributed by atoms with Crippen LogP contribution in [0.15, 0.2) is 0 Å². The van der Waals surface area contributed by atoms with Crippen LogP contribution in [-0.2, 0) is 19.7 Å². The Labute approximate surface area is 108 Å². The number of carboxylic acids is 1. The summed E-state index contributed by atoms with van der Waals surface area (Å²) < 4.78 is 31.6. The first-order valence-electron chi connectivity index (χ1n) is 5.82. The fraction of sp³-hybridized carbons (Fsp3) is 0.900. The lowest BCUT2D eigenvalue weighted by atomic mass is 9.99. The van der Waals surface area contributed by atoms with E-state index in [2.05, 4.69) is 0 Å². The Morgan fingerprint density at radius 2 is 2.00 bits per heavy atom. The molecule has 7 nitrogen and oxygen atoms in total. The Morgan fingerprint density at radius 3 is 2.44 bits per heavy atom. The topological polar surface area (TPSA) is 87.2 Å². The standard InChI is InChI=1S/C10H20N2O5S/c1-11(7-8-17-2)18(15,16)12-5-3-9(4-6-12)10(13)14/h9H,3-8H2,1-2H3,(H,13,14). The molecule has 0 aliphatic carbocycles. The van der Waals surface area contributed by atoms with Crippen LogP contribution in [0.25, 0.3) is 0 Å². The van der Waals surface area contributed by atoms with Crippen molar-refractivity contribution < 1.29 is 23.1 Å². The summed E-state index contributed by atoms with van der Waals surface area (Å²) in [5.74, 6) is -1.28. The summed E-state index contributed by atoms with van der Waals surface area (Å²) in [5.41, 5.74) is 0. The van der Waals surface area contributed by atoms with Gasteiger partial charge in [-0.3, -0.25) is 4.79 Å². The molecule has 1 aliphatic heterocycles. The van der Waals surface area contributed by atoms with Gasteiger partial charge in [0, 0.05) is 33.8 Å². The zero-order valence-corrected chi connectivity index (χ0v) is 11.5. The van der Waals surface area contributed by atoms with E-state index >= 15 is 0 Å². The lowest BCUT2D eigenvalue weighted by Crippen LogP contribution is -2.47. The predicted molar refractivity (Wildman–Crippen MR) is 65.4 cm³/mol. The highest BCUT2D eigenvalue weighted by Crippen LogP contribution is 2.20. The van der Waals surface area contributed by atoms with Crippen molar-refractivity contribution in [1.82, 2.24) is 8.61 Å². The van der Waals surface area contributed by atoms with Crippen LogP contribution in [0.1, 0.15) is 12.8 Å². The fourth-order valence-corrected chi connectivity index (χ4v) is 3.24. The number of hydrogen-bond donors (Lipinski definition) is 1. The summed E-state index contributed by atoms with van der Waals surface area (Å²) in [5, 5.41) is 8.86. The molecule has 1 heterocycles. The summed E-state index contributed by atoms with van der Waals surface area (Å²) in [7, 11) is -0.479. The van der Waals surface area contributed by atoms with Crippen molar-refractivity contribution in [1.29, 1.82) is 0 Å². The van der Waals surface area contributed by atoms with Crippen LogP contribution in [-0.4, -0.2) is 68.5 Å². The van der Waals surface area contributed by atoms with Gasteiger partial charge in [-0.25, -0.2) is 0 Å². The molecule has 0 aromatic rings. The monoisotopic (exact) mass is 280 g/mol. The van der Waals surface area contributed by atoms with Gasteiger partial charge in [-0.15, -0.1) is 0 Å². The molecule has 0 radical (unpaired) electrons. The highest BCUT2D eigenvalue weighted by Gasteiger charge is 2.33. The fourth-order valence-electron chi connectivity index (χ4n) is 1.87. The van der Waals surface area contributed by atoms with E-state index in [1.54, 1.807) is 0 Å². The number of likely N-dealkylation sites (N-methyl/N-ethyl adjacent to an activating group) is 1. The van der Waals surface area contributed by atoms with Gasteiger partial charge in [-0.2, -0.15) is 17.0 Å². The van der Waals surface area contributed by atoms with Crippen molar-refractivity contribution in [3.05, 3.63) is 0 Å². The molecular weight excluding hydrogens is 260 g/mol. The molecule has 0 aromatic heterocycles. The lowest BCUT2D eigenvalue weighted by molar-refractivity contribution is -0.142. The van der Waals surface area contributed by atoms with Crippen molar-refractivity contribution in [2.45, 2.75) is 12.8 Å². The number of nitrogens with zero attached hydrogens (tertiary/aromatic N) is 2. The SMILES string of the molecule is COCCN(C)S(=O)(=O)N1CCC(C(=O)O)CC1. The maximum atomic E-state index is 12.1. The van der Waals surface area contributed by atoms with E-state index in [-0.39, 0.29) is 19.6 Å². The maximum absolute atomic E-state index is 12.1. The Kier molecular flexibility index (Phi) is 5.51. The van der Waals surface area contributed by atoms with E-state index in [0.29, 0.717) is 19.4 Å². The number of carboxylic acid groups (broad SMARTS) is 1. The van der Waals surface area contributed by atoms with E-state index in [1.807, 2.05) is 0 Å². The minimum absolute atomic E-state index is 0.261. The van der Waals surface area contributed by atoms with Gasteiger partial charge in [-0.05, 0) is 12.8 Å². The second kappa shape index (κ2) is 6.46. The quantitative estimate of drug-likeness (QED) is 0.715. The highest BCUT2D eigenvalue weighted by atomic mass is 32.2. The van der Waals surface area contributed by atoms with Crippen LogP contribution in [0, 0.1) is 5.92 Å². The Bertz CT molecular complexity index is 376. The van der Waals surface area contributed by atoms with Gasteiger partial charge in [-0.1, -0.05) is 0 Å². The number of aliphatic carboxylic acids is 1. The average molecular weight is 280 g/mol. The summed E-state index contributed by atoms with van der Waals surface area (Å²) >= 11 is 0. The molecule has 18 heavy (non-hydrogen) atoms. The van der Waals surface area contributed by atoms with Crippen molar-refractivity contribution in [2.24, 2.45) is 5.92 Å². The number of carbonyl (C=O) groups is 1. The summed E-state index contributed by atoms with van der Waals surface area (Å²) in [6, 6.07) is 0. The zero-order chi connectivity index (χ0) is 13.8. The van der Waals surface area contributed by atoms with Crippen LogP contribution < -0.4 is 0 Å². The summed E-state index contributed by atoms with van der Waals surface area (Å²) in [6.45, 7) is 1.15. The average Bonchev–Trinajstić information content (AvgIpc) is 2.35. The third-order valence-corrected chi connectivity index (χ3v) is 5.12. The molecule has 1 N–H and O–H groups in total. The second-order valence-corrected chi connectivity index (χ2v) is 6.37. The molecule has 8 heteroatoms. The smallest absolute Gasteiger partial charge is 0.306 e. The molecular formula is C10H20N2O5S. The van der Waals surface area contributed by atoms with E-state index in [4.69, 9.17) is 9.84 Å².